The van der Waals surface area contributed by atoms with Gasteiger partial charge in [-0.05, 0) is 42.0 Å². The normalized spacial score (nSPS) is 11.4. The minimum Gasteiger partial charge on any atom is -0.452 e. The maximum Gasteiger partial charge on any atom is 0.418 e. The number of carbonyl (C=O) groups is 1. The molecule has 0 saturated carbocycles. The van der Waals surface area contributed by atoms with E-state index in [1.54, 1.807) is 29.1 Å². The quantitative estimate of drug-likeness (QED) is 0.631. The second-order valence-electron chi connectivity index (χ2n) is 7.10. The largest absolute Gasteiger partial charge is 0.452 e. The molecule has 0 saturated heterocycles. The van der Waals surface area contributed by atoms with Gasteiger partial charge in [0.2, 0.25) is 0 Å². The van der Waals surface area contributed by atoms with Crippen molar-refractivity contribution < 1.29 is 13.9 Å². The van der Waals surface area contributed by atoms with E-state index in [0.717, 1.165) is 22.4 Å². The Balaban J connectivity index is 2.39. The van der Waals surface area contributed by atoms with Crippen molar-refractivity contribution in [1.29, 1.82) is 0 Å². The van der Waals surface area contributed by atoms with Gasteiger partial charge in [-0.1, -0.05) is 26.8 Å². The van der Waals surface area contributed by atoms with Crippen LogP contribution in [0.2, 0.25) is 0 Å². The fraction of sp³-hybridized carbons (Fsp3) is 0.238. The third-order valence-electron chi connectivity index (χ3n) is 4.22. The standard InChI is InChI=1S/C21H21FN2O2/c1-21(2,3)18-12-17(15-6-5-11-23-13-15)19(24(18)20(25)26-4)14-7-9-16(22)10-8-14/h5-13H,1-4H3. The van der Waals surface area contributed by atoms with Crippen LogP contribution in [0.25, 0.3) is 22.4 Å². The number of benzene rings is 1. The minimum atomic E-state index is -0.482. The highest BCUT2D eigenvalue weighted by molar-refractivity contribution is 5.90. The molecule has 0 N–H and O–H groups in total. The van der Waals surface area contributed by atoms with Crippen molar-refractivity contribution in [1.82, 2.24) is 9.55 Å². The third kappa shape index (κ3) is 3.25. The lowest BCUT2D eigenvalue weighted by Gasteiger charge is -2.21. The number of pyridine rings is 1. The van der Waals surface area contributed by atoms with Crippen LogP contribution >= 0.6 is 0 Å². The summed E-state index contributed by atoms with van der Waals surface area (Å²) in [5.41, 5.74) is 3.62. The summed E-state index contributed by atoms with van der Waals surface area (Å²) >= 11 is 0. The van der Waals surface area contributed by atoms with Crippen LogP contribution in [0.3, 0.4) is 0 Å². The molecule has 3 aromatic rings. The highest BCUT2D eigenvalue weighted by Crippen LogP contribution is 2.39. The van der Waals surface area contributed by atoms with E-state index >= 15 is 0 Å². The number of hydrogen-bond acceptors (Lipinski definition) is 3. The predicted molar refractivity (Wildman–Crippen MR) is 99.6 cm³/mol. The molecule has 0 aliphatic carbocycles. The van der Waals surface area contributed by atoms with Gasteiger partial charge in [0.15, 0.2) is 0 Å². The molecule has 0 atom stereocenters. The number of hydrogen-bond donors (Lipinski definition) is 0. The van der Waals surface area contributed by atoms with Gasteiger partial charge in [0.1, 0.15) is 5.82 Å². The van der Waals surface area contributed by atoms with Gasteiger partial charge < -0.3 is 4.74 Å². The maximum absolute atomic E-state index is 13.4. The number of aromatic nitrogens is 2. The van der Waals surface area contributed by atoms with Gasteiger partial charge in [-0.15, -0.1) is 0 Å². The van der Waals surface area contributed by atoms with Crippen molar-refractivity contribution >= 4 is 6.09 Å². The lowest BCUT2D eigenvalue weighted by molar-refractivity contribution is 0.171. The van der Waals surface area contributed by atoms with Crippen molar-refractivity contribution in [2.45, 2.75) is 26.2 Å². The number of carbonyl (C=O) groups excluding carboxylic acids is 1. The molecule has 3 rings (SSSR count). The zero-order valence-electron chi connectivity index (χ0n) is 15.3. The van der Waals surface area contributed by atoms with Crippen LogP contribution in [-0.2, 0) is 10.2 Å². The molecule has 0 amide bonds. The van der Waals surface area contributed by atoms with E-state index in [1.807, 2.05) is 39.0 Å². The molecule has 0 aliphatic heterocycles. The molecule has 1 aromatic carbocycles. The van der Waals surface area contributed by atoms with E-state index in [0.29, 0.717) is 5.69 Å². The van der Waals surface area contributed by atoms with Gasteiger partial charge in [0, 0.05) is 34.6 Å². The summed E-state index contributed by atoms with van der Waals surface area (Å²) in [7, 11) is 1.35. The monoisotopic (exact) mass is 352 g/mol. The molecule has 0 bridgehead atoms. The summed E-state index contributed by atoms with van der Waals surface area (Å²) in [6, 6.07) is 11.8. The molecule has 2 heterocycles. The topological polar surface area (TPSA) is 44.1 Å². The first-order valence-corrected chi connectivity index (χ1v) is 8.34. The first-order chi connectivity index (χ1) is 12.3. The average Bonchev–Trinajstić information content (AvgIpc) is 3.03. The molecule has 0 fully saturated rings. The van der Waals surface area contributed by atoms with Crippen LogP contribution in [0.4, 0.5) is 9.18 Å². The van der Waals surface area contributed by atoms with Gasteiger partial charge >= 0.3 is 6.09 Å². The van der Waals surface area contributed by atoms with Gasteiger partial charge in [0.25, 0.3) is 0 Å². The van der Waals surface area contributed by atoms with E-state index in [-0.39, 0.29) is 11.2 Å². The second-order valence-corrected chi connectivity index (χ2v) is 7.10. The van der Waals surface area contributed by atoms with Crippen molar-refractivity contribution in [3.8, 4) is 22.4 Å². The van der Waals surface area contributed by atoms with Crippen molar-refractivity contribution in [3.63, 3.8) is 0 Å². The van der Waals surface area contributed by atoms with E-state index in [2.05, 4.69) is 4.98 Å². The summed E-state index contributed by atoms with van der Waals surface area (Å²) in [6.07, 6.45) is 2.96. The number of methoxy groups -OCH3 is 1. The Morgan fingerprint density at radius 1 is 1.12 bits per heavy atom. The maximum atomic E-state index is 13.4. The van der Waals surface area contributed by atoms with Gasteiger partial charge in [-0.2, -0.15) is 0 Å². The summed E-state index contributed by atoms with van der Waals surface area (Å²) < 4.78 is 20.0. The summed E-state index contributed by atoms with van der Waals surface area (Å²) in [5.74, 6) is -0.330. The van der Waals surface area contributed by atoms with Crippen LogP contribution in [0, 0.1) is 5.82 Å². The Morgan fingerprint density at radius 3 is 2.35 bits per heavy atom. The highest BCUT2D eigenvalue weighted by atomic mass is 19.1. The molecular formula is C21H21FN2O2. The molecule has 4 nitrogen and oxygen atoms in total. The second kappa shape index (κ2) is 6.75. The summed E-state index contributed by atoms with van der Waals surface area (Å²) in [4.78, 5) is 16.8. The smallest absolute Gasteiger partial charge is 0.418 e. The predicted octanol–water partition coefficient (Wildman–Crippen LogP) is 5.27. The first kappa shape index (κ1) is 17.9. The molecule has 0 aliphatic rings. The number of ether oxygens (including phenoxy) is 1. The Labute approximate surface area is 152 Å². The molecule has 134 valence electrons. The summed E-state index contributed by atoms with van der Waals surface area (Å²) in [5, 5.41) is 0. The van der Waals surface area contributed by atoms with Crippen molar-refractivity contribution in [3.05, 3.63) is 66.4 Å². The zero-order valence-corrected chi connectivity index (χ0v) is 15.3. The SMILES string of the molecule is COC(=O)n1c(C(C)(C)C)cc(-c2cccnc2)c1-c1ccc(F)cc1. The number of rotatable bonds is 2. The van der Waals surface area contributed by atoms with Gasteiger partial charge in [-0.3, -0.25) is 4.98 Å². The van der Waals surface area contributed by atoms with E-state index in [4.69, 9.17) is 4.74 Å². The van der Waals surface area contributed by atoms with E-state index < -0.39 is 6.09 Å². The van der Waals surface area contributed by atoms with Crippen molar-refractivity contribution in [2.24, 2.45) is 0 Å². The minimum absolute atomic E-state index is 0.302. The molecule has 0 unspecified atom stereocenters. The Hall–Kier alpha value is -2.95. The van der Waals surface area contributed by atoms with Gasteiger partial charge in [-0.25, -0.2) is 13.8 Å². The first-order valence-electron chi connectivity index (χ1n) is 8.34. The number of nitrogens with zero attached hydrogens (tertiary/aromatic N) is 2. The highest BCUT2D eigenvalue weighted by Gasteiger charge is 2.29. The molecule has 2 aromatic heterocycles. The van der Waals surface area contributed by atoms with Crippen LogP contribution in [-0.4, -0.2) is 22.8 Å². The average molecular weight is 352 g/mol. The zero-order chi connectivity index (χ0) is 18.9. The third-order valence-corrected chi connectivity index (χ3v) is 4.22. The van der Waals surface area contributed by atoms with Crippen LogP contribution < -0.4 is 0 Å². The van der Waals surface area contributed by atoms with Crippen LogP contribution in [0.5, 0.6) is 0 Å². The Kier molecular flexibility index (Phi) is 4.64. The van der Waals surface area contributed by atoms with E-state index in [9.17, 15) is 9.18 Å². The lowest BCUT2D eigenvalue weighted by atomic mass is 9.91. The van der Waals surface area contributed by atoms with Gasteiger partial charge in [0.05, 0.1) is 12.8 Å². The molecule has 0 spiro atoms. The van der Waals surface area contributed by atoms with Crippen molar-refractivity contribution in [2.75, 3.05) is 7.11 Å². The Morgan fingerprint density at radius 2 is 1.81 bits per heavy atom. The Bertz CT molecular complexity index is 923. The molecular weight excluding hydrogens is 331 g/mol. The fourth-order valence-corrected chi connectivity index (χ4v) is 2.98. The van der Waals surface area contributed by atoms with E-state index in [1.165, 1.54) is 19.2 Å². The lowest BCUT2D eigenvalue weighted by Crippen LogP contribution is -2.23. The van der Waals surface area contributed by atoms with Crippen LogP contribution in [0.15, 0.2) is 54.9 Å². The number of halogens is 1. The summed E-state index contributed by atoms with van der Waals surface area (Å²) in [6.45, 7) is 6.09. The molecule has 0 radical (unpaired) electrons. The van der Waals surface area contributed by atoms with Crippen LogP contribution in [0.1, 0.15) is 26.5 Å². The molecule has 26 heavy (non-hydrogen) atoms. The fourth-order valence-electron chi connectivity index (χ4n) is 2.98. The molecule has 5 heteroatoms.